The monoisotopic (exact) mass is 1110 g/mol. The van der Waals surface area contributed by atoms with E-state index in [-0.39, 0.29) is 57.6 Å². The van der Waals surface area contributed by atoms with Crippen molar-refractivity contribution in [2.45, 2.75) is 132 Å². The molecule has 0 saturated carbocycles. The van der Waals surface area contributed by atoms with Gasteiger partial charge < -0.3 is 91.6 Å². The Morgan fingerprint density at radius 2 is 0.937 bits per heavy atom. The van der Waals surface area contributed by atoms with Gasteiger partial charge in [-0.2, -0.15) is 0 Å². The van der Waals surface area contributed by atoms with Gasteiger partial charge in [-0.15, -0.1) is 0 Å². The van der Waals surface area contributed by atoms with Gasteiger partial charge in [0.15, 0.2) is 5.96 Å². The van der Waals surface area contributed by atoms with Crippen molar-refractivity contribution in [3.05, 3.63) is 71.8 Å². The van der Waals surface area contributed by atoms with Gasteiger partial charge in [0.05, 0.1) is 25.7 Å². The smallest absolute Gasteiger partial charge is 0.326 e. The summed E-state index contributed by atoms with van der Waals surface area (Å²) < 4.78 is 0. The minimum atomic E-state index is -1.91. The van der Waals surface area contributed by atoms with E-state index in [2.05, 4.69) is 47.5 Å². The van der Waals surface area contributed by atoms with Crippen LogP contribution in [0.4, 0.5) is 0 Å². The van der Waals surface area contributed by atoms with Crippen LogP contribution >= 0.6 is 0 Å². The summed E-state index contributed by atoms with van der Waals surface area (Å²) in [6.45, 7) is 1.06. The molecule has 2 aromatic rings. The molecule has 0 aliphatic carbocycles. The summed E-state index contributed by atoms with van der Waals surface area (Å²) in [4.78, 5) is 148. The Bertz CT molecular complexity index is 2400. The maximum atomic E-state index is 14.0. The number of nitrogens with zero attached hydrogens (tertiary/aromatic N) is 1. The topological polar surface area (TPSA) is 507 Å². The number of aliphatic hydroxyl groups is 2. The highest BCUT2D eigenvalue weighted by Crippen LogP contribution is 2.11. The molecule has 9 amide bonds. The first-order valence-electron chi connectivity index (χ1n) is 25.4. The number of carbonyl (C=O) groups excluding carboxylic acids is 9. The largest absolute Gasteiger partial charge is 0.481 e. The Morgan fingerprint density at radius 3 is 1.41 bits per heavy atom. The summed E-state index contributed by atoms with van der Waals surface area (Å²) in [6, 6.07) is 3.58. The summed E-state index contributed by atoms with van der Waals surface area (Å²) in [5, 5.41) is 58.6. The highest BCUT2D eigenvalue weighted by Gasteiger charge is 2.36. The van der Waals surface area contributed by atoms with Crippen molar-refractivity contribution in [1.82, 2.24) is 42.5 Å². The number of nitrogens with one attached hydrogen (secondary N) is 8. The third kappa shape index (κ3) is 25.2. The zero-order valence-corrected chi connectivity index (χ0v) is 44.1. The van der Waals surface area contributed by atoms with Crippen LogP contribution in [0.25, 0.3) is 0 Å². The molecule has 0 aliphatic heterocycles. The SMILES string of the molecule is CC(C)[C@H](NC(=O)[C@H](Cc1ccccc1)NC(=O)[C@@H](N)Cc1ccccc1)C(=O)N[C@@H](CO)C(=O)N[C@@H](CO)C(=O)N[C@@H](CCCN=C(N)N)C(=O)N[C@@H](CCCCN)C(=O)N[C@@H](CC(=O)O)C(=O)N[C@@H](CCC(N)=O)C(=O)O. The van der Waals surface area contributed by atoms with Crippen LogP contribution in [0, 0.1) is 5.92 Å². The van der Waals surface area contributed by atoms with Gasteiger partial charge in [-0.05, 0) is 68.5 Å². The van der Waals surface area contributed by atoms with E-state index in [0.29, 0.717) is 12.0 Å². The maximum absolute atomic E-state index is 14.0. The average Bonchev–Trinajstić information content (AvgIpc) is 3.39. The lowest BCUT2D eigenvalue weighted by Gasteiger charge is -2.28. The molecule has 29 nitrogen and oxygen atoms in total. The summed E-state index contributed by atoms with van der Waals surface area (Å²) in [5.41, 5.74) is 29.3. The van der Waals surface area contributed by atoms with Crippen LogP contribution < -0.4 is 71.2 Å². The van der Waals surface area contributed by atoms with Crippen LogP contribution in [0.1, 0.15) is 76.3 Å². The molecule has 0 unspecified atom stereocenters. The number of rotatable bonds is 37. The highest BCUT2D eigenvalue weighted by atomic mass is 16.4. The van der Waals surface area contributed by atoms with Gasteiger partial charge in [0, 0.05) is 19.4 Å². The standard InChI is InChI=1S/C50H76N14O15/c1-27(2)40(64-45(74)34(23-29-14-7-4-8-15-29)60-41(70)30(52)22-28-12-5-3-6-13-28)48(77)63-37(26-66)47(76)62-36(25-65)46(75)58-32(17-11-21-56-50(54)55)42(71)57-31(16-9-10-20-51)43(72)61-35(24-39(68)69)44(73)59-33(49(78)79)18-19-38(53)67/h3-8,12-15,27,30-37,40,65-66H,9-11,16-26,51-52H2,1-2H3,(H2,53,67)(H,57,71)(H,58,75)(H,59,73)(H,60,70)(H,61,72)(H,62,76)(H,63,77)(H,64,74)(H,68,69)(H,78,79)(H4,54,55,56)/t30-,31-,32-,33-,34-,35-,36-,37-,40-/m0/s1. The van der Waals surface area contributed by atoms with Gasteiger partial charge >= 0.3 is 11.9 Å². The summed E-state index contributed by atoms with van der Waals surface area (Å²) in [7, 11) is 0. The predicted molar refractivity (Wildman–Crippen MR) is 284 cm³/mol. The Balaban J connectivity index is 2.32. The molecule has 0 aliphatic rings. The minimum absolute atomic E-state index is 0.00511. The predicted octanol–water partition coefficient (Wildman–Crippen LogP) is -5.67. The fourth-order valence-corrected chi connectivity index (χ4v) is 7.56. The Morgan fingerprint density at radius 1 is 0.506 bits per heavy atom. The fraction of sp³-hybridized carbons (Fsp3) is 0.520. The van der Waals surface area contributed by atoms with Crippen LogP contribution in [0.3, 0.4) is 0 Å². The number of aliphatic carboxylic acids is 2. The second-order valence-corrected chi connectivity index (χ2v) is 18.7. The van der Waals surface area contributed by atoms with Crippen LogP contribution in [0.5, 0.6) is 0 Å². The van der Waals surface area contributed by atoms with Gasteiger partial charge in [0.1, 0.15) is 48.3 Å². The zero-order valence-electron chi connectivity index (χ0n) is 44.1. The number of carbonyl (C=O) groups is 11. The second kappa shape index (κ2) is 35.2. The van der Waals surface area contributed by atoms with Gasteiger partial charge in [-0.25, -0.2) is 4.79 Å². The molecule has 0 heterocycles. The van der Waals surface area contributed by atoms with Crippen LogP contribution in [-0.4, -0.2) is 172 Å². The summed E-state index contributed by atoms with van der Waals surface area (Å²) in [6.07, 6.45) is -1.74. The van der Waals surface area contributed by atoms with Crippen molar-refractivity contribution in [1.29, 1.82) is 0 Å². The normalized spacial score (nSPS) is 14.4. The van der Waals surface area contributed by atoms with E-state index in [9.17, 15) is 73.2 Å². The van der Waals surface area contributed by atoms with Crippen LogP contribution in [-0.2, 0) is 65.6 Å². The molecule has 2 aromatic carbocycles. The molecule has 0 radical (unpaired) electrons. The quantitative estimate of drug-likeness (QED) is 0.0170. The summed E-state index contributed by atoms with van der Waals surface area (Å²) in [5.74, 6) is -13.2. The van der Waals surface area contributed by atoms with E-state index in [1.165, 1.54) is 0 Å². The van der Waals surface area contributed by atoms with Gasteiger partial charge in [0.2, 0.25) is 53.2 Å². The lowest BCUT2D eigenvalue weighted by molar-refractivity contribution is -0.144. The van der Waals surface area contributed by atoms with Gasteiger partial charge in [0.25, 0.3) is 0 Å². The van der Waals surface area contributed by atoms with Gasteiger partial charge in [-0.3, -0.25) is 52.9 Å². The third-order valence-electron chi connectivity index (χ3n) is 11.9. The van der Waals surface area contributed by atoms with Crippen molar-refractivity contribution in [3.8, 4) is 0 Å². The molecule has 79 heavy (non-hydrogen) atoms. The first-order chi connectivity index (χ1) is 37.4. The van der Waals surface area contributed by atoms with E-state index in [1.807, 2.05) is 0 Å². The number of unbranched alkanes of at least 4 members (excludes halogenated alkanes) is 1. The molecule has 0 bridgehead atoms. The number of hydrogen-bond acceptors (Lipinski definition) is 16. The molecule has 436 valence electrons. The number of carboxylic acids is 2. The van der Waals surface area contributed by atoms with Crippen LogP contribution in [0.15, 0.2) is 65.7 Å². The average molecular weight is 1110 g/mol. The molecule has 22 N–H and O–H groups in total. The molecule has 9 atom stereocenters. The minimum Gasteiger partial charge on any atom is -0.481 e. The molecular formula is C50H76N14O15. The zero-order chi connectivity index (χ0) is 59.2. The molecule has 2 rings (SSSR count). The third-order valence-corrected chi connectivity index (χ3v) is 11.9. The fourth-order valence-electron chi connectivity index (χ4n) is 7.56. The van der Waals surface area contributed by atoms with Crippen molar-refractivity contribution in [2.75, 3.05) is 26.3 Å². The molecule has 0 aromatic heterocycles. The van der Waals surface area contributed by atoms with E-state index in [1.54, 1.807) is 74.5 Å². The number of nitrogens with two attached hydrogens (primary N) is 5. The number of amides is 9. The maximum Gasteiger partial charge on any atom is 0.326 e. The van der Waals surface area contributed by atoms with Gasteiger partial charge in [-0.1, -0.05) is 74.5 Å². The Labute approximate surface area is 455 Å². The molecule has 0 saturated heterocycles. The van der Waals surface area contributed by atoms with E-state index < -0.39 is 158 Å². The van der Waals surface area contributed by atoms with E-state index >= 15 is 0 Å². The van der Waals surface area contributed by atoms with E-state index in [0.717, 1.165) is 5.56 Å². The first-order valence-corrected chi connectivity index (χ1v) is 25.4. The highest BCUT2D eigenvalue weighted by molar-refractivity contribution is 5.99. The lowest BCUT2D eigenvalue weighted by Crippen LogP contribution is -2.62. The molecule has 29 heteroatoms. The Kier molecular flexibility index (Phi) is 29.8. The second-order valence-electron chi connectivity index (χ2n) is 18.7. The Hall–Kier alpha value is -8.28. The molecule has 0 fully saturated rings. The molecular weight excluding hydrogens is 1040 g/mol. The van der Waals surface area contributed by atoms with Crippen molar-refractivity contribution in [2.24, 2.45) is 39.6 Å². The number of hydrogen-bond donors (Lipinski definition) is 17. The number of carboxylic acid groups (broad SMARTS) is 2. The number of primary amides is 1. The summed E-state index contributed by atoms with van der Waals surface area (Å²) >= 11 is 0. The van der Waals surface area contributed by atoms with Crippen molar-refractivity contribution < 1.29 is 73.2 Å². The van der Waals surface area contributed by atoms with Crippen molar-refractivity contribution >= 4 is 71.1 Å². The number of benzene rings is 2. The number of aliphatic imine (C=N–C) groups is 1. The molecule has 0 spiro atoms. The first kappa shape index (κ1) is 66.8. The number of aliphatic hydroxyl groups excluding tert-OH is 2. The number of guanidine groups is 1. The van der Waals surface area contributed by atoms with Crippen LogP contribution in [0.2, 0.25) is 0 Å². The van der Waals surface area contributed by atoms with Crippen molar-refractivity contribution in [3.63, 3.8) is 0 Å². The lowest BCUT2D eigenvalue weighted by atomic mass is 10.00. The van der Waals surface area contributed by atoms with E-state index in [4.69, 9.17) is 28.7 Å².